The van der Waals surface area contributed by atoms with Gasteiger partial charge in [-0.25, -0.2) is 4.98 Å². The largest absolute Gasteiger partial charge is 0.487 e. The van der Waals surface area contributed by atoms with E-state index in [4.69, 9.17) is 10.5 Å². The number of nitrogens with one attached hydrogen (secondary N) is 1. The number of nitrogens with zero attached hydrogens (tertiary/aromatic N) is 2. The Balaban J connectivity index is 1.50. The van der Waals surface area contributed by atoms with Crippen LogP contribution in [0.15, 0.2) is 35.2 Å². The molecule has 0 saturated carbocycles. The lowest BCUT2D eigenvalue weighted by molar-refractivity contribution is -0.119. The van der Waals surface area contributed by atoms with Crippen molar-refractivity contribution in [1.29, 1.82) is 0 Å². The van der Waals surface area contributed by atoms with Crippen molar-refractivity contribution >= 4 is 23.2 Å². The summed E-state index contributed by atoms with van der Waals surface area (Å²) in [7, 11) is 0. The number of amides is 2. The first-order valence-corrected chi connectivity index (χ1v) is 9.46. The summed E-state index contributed by atoms with van der Waals surface area (Å²) in [5, 5.41) is 4.99. The van der Waals surface area contributed by atoms with Crippen LogP contribution in [-0.4, -0.2) is 47.4 Å². The molecule has 7 nitrogen and oxygen atoms in total. The zero-order valence-corrected chi connectivity index (χ0v) is 15.2. The Hall–Kier alpha value is -2.45. The fraction of sp³-hybridized carbons (Fsp3) is 0.389. The average molecular weight is 374 g/mol. The lowest BCUT2D eigenvalue weighted by Gasteiger charge is -2.31. The van der Waals surface area contributed by atoms with Gasteiger partial charge in [0, 0.05) is 30.1 Å². The highest BCUT2D eigenvalue weighted by atomic mass is 32.1. The van der Waals surface area contributed by atoms with Gasteiger partial charge in [-0.1, -0.05) is 6.07 Å². The molecule has 0 bridgehead atoms. The van der Waals surface area contributed by atoms with Gasteiger partial charge in [0.25, 0.3) is 5.91 Å². The Labute approximate surface area is 156 Å². The molecular formula is C18H22N4O3S. The van der Waals surface area contributed by atoms with Crippen LogP contribution < -0.4 is 15.8 Å². The van der Waals surface area contributed by atoms with Gasteiger partial charge in [0.15, 0.2) is 0 Å². The van der Waals surface area contributed by atoms with E-state index in [1.165, 1.54) is 11.3 Å². The van der Waals surface area contributed by atoms with Crippen LogP contribution in [0.2, 0.25) is 0 Å². The van der Waals surface area contributed by atoms with E-state index >= 15 is 0 Å². The van der Waals surface area contributed by atoms with Crippen LogP contribution >= 0.6 is 11.3 Å². The smallest absolute Gasteiger partial charge is 0.251 e. The summed E-state index contributed by atoms with van der Waals surface area (Å²) in [6, 6.07) is 7.25. The molecule has 26 heavy (non-hydrogen) atoms. The Bertz CT molecular complexity index is 743. The second-order valence-electron chi connectivity index (χ2n) is 6.29. The van der Waals surface area contributed by atoms with E-state index in [2.05, 4.69) is 10.3 Å². The molecule has 0 spiro atoms. The number of thiazole rings is 1. The normalized spacial score (nSPS) is 15.5. The number of carbonyl (C=O) groups is 2. The van der Waals surface area contributed by atoms with Crippen molar-refractivity contribution in [2.45, 2.75) is 25.5 Å². The number of carbonyl (C=O) groups excluding carboxylic acids is 2. The quantitative estimate of drug-likeness (QED) is 0.763. The predicted octanol–water partition coefficient (Wildman–Crippen LogP) is 1.40. The number of hydrogen-bond acceptors (Lipinski definition) is 6. The van der Waals surface area contributed by atoms with Crippen LogP contribution in [0, 0.1) is 0 Å². The first-order valence-electron chi connectivity index (χ1n) is 8.51. The second kappa shape index (κ2) is 8.77. The zero-order valence-electron chi connectivity index (χ0n) is 14.4. The molecule has 2 heterocycles. The average Bonchev–Trinajstić information content (AvgIpc) is 3.15. The summed E-state index contributed by atoms with van der Waals surface area (Å²) < 4.78 is 5.70. The minimum atomic E-state index is -0.318. The second-order valence-corrected chi connectivity index (χ2v) is 7.01. The fourth-order valence-electron chi connectivity index (χ4n) is 2.92. The van der Waals surface area contributed by atoms with Crippen LogP contribution in [0.1, 0.15) is 28.9 Å². The molecule has 8 heteroatoms. The number of nitrogens with two attached hydrogens (primary N) is 1. The van der Waals surface area contributed by atoms with E-state index in [0.717, 1.165) is 31.6 Å². The number of ether oxygens (including phenoxy) is 1. The number of rotatable bonds is 7. The Kier molecular flexibility index (Phi) is 6.19. The highest BCUT2D eigenvalue weighted by molar-refractivity contribution is 7.07. The predicted molar refractivity (Wildman–Crippen MR) is 99.0 cm³/mol. The monoisotopic (exact) mass is 374 g/mol. The molecule has 138 valence electrons. The van der Waals surface area contributed by atoms with Gasteiger partial charge >= 0.3 is 0 Å². The molecule has 3 rings (SSSR count). The molecule has 0 unspecified atom stereocenters. The van der Waals surface area contributed by atoms with Gasteiger partial charge in [-0.2, -0.15) is 0 Å². The van der Waals surface area contributed by atoms with E-state index in [0.29, 0.717) is 17.9 Å². The summed E-state index contributed by atoms with van der Waals surface area (Å²) in [6.45, 7) is 2.17. The Morgan fingerprint density at radius 3 is 2.85 bits per heavy atom. The molecule has 1 fully saturated rings. The SMILES string of the molecule is NC(=O)CN1CCC(NC(=O)c2cccc(OCc3cscn3)c2)CC1. The van der Waals surface area contributed by atoms with E-state index in [1.807, 2.05) is 16.3 Å². The molecule has 1 aromatic carbocycles. The van der Waals surface area contributed by atoms with Gasteiger partial charge < -0.3 is 15.8 Å². The molecule has 2 amide bonds. The van der Waals surface area contributed by atoms with Crippen molar-refractivity contribution < 1.29 is 14.3 Å². The summed E-state index contributed by atoms with van der Waals surface area (Å²) in [4.78, 5) is 29.6. The number of benzene rings is 1. The van der Waals surface area contributed by atoms with E-state index in [-0.39, 0.29) is 24.4 Å². The van der Waals surface area contributed by atoms with E-state index in [1.54, 1.807) is 23.7 Å². The van der Waals surface area contributed by atoms with Crippen LogP contribution in [0.5, 0.6) is 5.75 Å². The number of likely N-dealkylation sites (tertiary alicyclic amines) is 1. The maximum atomic E-state index is 12.5. The zero-order chi connectivity index (χ0) is 18.4. The maximum absolute atomic E-state index is 12.5. The van der Waals surface area contributed by atoms with Gasteiger partial charge in [0.1, 0.15) is 12.4 Å². The van der Waals surface area contributed by atoms with Gasteiger partial charge in [0.2, 0.25) is 5.91 Å². The van der Waals surface area contributed by atoms with Crippen LogP contribution in [0.4, 0.5) is 0 Å². The van der Waals surface area contributed by atoms with Gasteiger partial charge in [-0.3, -0.25) is 14.5 Å². The van der Waals surface area contributed by atoms with Crippen molar-refractivity contribution in [2.75, 3.05) is 19.6 Å². The highest BCUT2D eigenvalue weighted by Crippen LogP contribution is 2.16. The van der Waals surface area contributed by atoms with E-state index in [9.17, 15) is 9.59 Å². The lowest BCUT2D eigenvalue weighted by Crippen LogP contribution is -2.46. The van der Waals surface area contributed by atoms with Crippen molar-refractivity contribution in [3.8, 4) is 5.75 Å². The topological polar surface area (TPSA) is 97.6 Å². The Morgan fingerprint density at radius 1 is 1.35 bits per heavy atom. The summed E-state index contributed by atoms with van der Waals surface area (Å²) in [6.07, 6.45) is 1.61. The van der Waals surface area contributed by atoms with Crippen LogP contribution in [0.3, 0.4) is 0 Å². The van der Waals surface area contributed by atoms with Crippen molar-refractivity contribution in [3.63, 3.8) is 0 Å². The van der Waals surface area contributed by atoms with Gasteiger partial charge in [-0.05, 0) is 31.0 Å². The molecule has 1 aromatic heterocycles. The first kappa shape index (κ1) is 18.3. The molecule has 2 aromatic rings. The minimum Gasteiger partial charge on any atom is -0.487 e. The van der Waals surface area contributed by atoms with Gasteiger partial charge in [0.05, 0.1) is 17.7 Å². The molecule has 1 saturated heterocycles. The summed E-state index contributed by atoms with van der Waals surface area (Å²) in [5.74, 6) is 0.210. The summed E-state index contributed by atoms with van der Waals surface area (Å²) in [5.41, 5.74) is 8.42. The third-order valence-corrected chi connectivity index (χ3v) is 4.90. The number of aromatic nitrogens is 1. The third kappa shape index (κ3) is 5.27. The minimum absolute atomic E-state index is 0.103. The lowest BCUT2D eigenvalue weighted by atomic mass is 10.0. The fourth-order valence-corrected chi connectivity index (χ4v) is 3.46. The van der Waals surface area contributed by atoms with Crippen molar-refractivity contribution in [2.24, 2.45) is 5.73 Å². The van der Waals surface area contributed by atoms with Crippen molar-refractivity contribution in [3.05, 3.63) is 46.4 Å². The number of hydrogen-bond donors (Lipinski definition) is 2. The number of piperidine rings is 1. The van der Waals surface area contributed by atoms with E-state index < -0.39 is 0 Å². The maximum Gasteiger partial charge on any atom is 0.251 e. The van der Waals surface area contributed by atoms with Crippen molar-refractivity contribution in [1.82, 2.24) is 15.2 Å². The first-order chi connectivity index (χ1) is 12.6. The molecule has 3 N–H and O–H groups in total. The number of primary amides is 1. The third-order valence-electron chi connectivity index (χ3n) is 4.27. The highest BCUT2D eigenvalue weighted by Gasteiger charge is 2.22. The molecule has 1 aliphatic rings. The van der Waals surface area contributed by atoms with Crippen LogP contribution in [-0.2, 0) is 11.4 Å². The Morgan fingerprint density at radius 2 is 2.15 bits per heavy atom. The molecule has 0 atom stereocenters. The molecule has 1 aliphatic heterocycles. The summed E-state index contributed by atoms with van der Waals surface area (Å²) >= 11 is 1.52. The molecular weight excluding hydrogens is 352 g/mol. The van der Waals surface area contributed by atoms with Crippen LogP contribution in [0.25, 0.3) is 0 Å². The molecule has 0 radical (unpaired) electrons. The molecule has 0 aliphatic carbocycles. The standard InChI is InChI=1S/C18H22N4O3S/c19-17(23)9-22-6-4-14(5-7-22)21-18(24)13-2-1-3-16(8-13)25-10-15-11-26-12-20-15/h1-3,8,11-12,14H,4-7,9-10H2,(H2,19,23)(H,21,24). The van der Waals surface area contributed by atoms with Gasteiger partial charge in [-0.15, -0.1) is 11.3 Å².